The SMILES string of the molecule is CCN(CC)C[Si](OC(C)C)(OC(C)C)OC(C)C. The highest BCUT2D eigenvalue weighted by Crippen LogP contribution is 2.19. The van der Waals surface area contributed by atoms with Crippen molar-refractivity contribution in [2.45, 2.75) is 73.7 Å². The lowest BCUT2D eigenvalue weighted by Crippen LogP contribution is -2.58. The van der Waals surface area contributed by atoms with Crippen molar-refractivity contribution in [1.29, 1.82) is 0 Å². The molecule has 0 aromatic rings. The average Bonchev–Trinajstić information content (AvgIpc) is 2.22. The molecule has 0 saturated heterocycles. The van der Waals surface area contributed by atoms with Crippen molar-refractivity contribution >= 4 is 8.80 Å². The minimum absolute atomic E-state index is 0.111. The maximum absolute atomic E-state index is 6.15. The zero-order chi connectivity index (χ0) is 15.1. The van der Waals surface area contributed by atoms with Crippen LogP contribution >= 0.6 is 0 Å². The van der Waals surface area contributed by atoms with Crippen molar-refractivity contribution in [3.05, 3.63) is 0 Å². The molecular formula is C14H33NO3Si. The van der Waals surface area contributed by atoms with Crippen LogP contribution < -0.4 is 0 Å². The number of rotatable bonds is 10. The summed E-state index contributed by atoms with van der Waals surface area (Å²) in [6.07, 6.45) is 1.09. The highest BCUT2D eigenvalue weighted by atomic mass is 28.4. The zero-order valence-corrected chi connectivity index (χ0v) is 15.0. The normalized spacial score (nSPS) is 13.3. The maximum atomic E-state index is 6.15. The molecule has 5 heteroatoms. The first kappa shape index (κ1) is 19.1. The summed E-state index contributed by atoms with van der Waals surface area (Å²) in [6.45, 7) is 18.5. The highest BCUT2D eigenvalue weighted by Gasteiger charge is 2.45. The Morgan fingerprint density at radius 1 is 0.737 bits per heavy atom. The minimum Gasteiger partial charge on any atom is -0.370 e. The smallest absolute Gasteiger partial charge is 0.370 e. The third-order valence-corrected chi connectivity index (χ3v) is 5.88. The number of hydrogen-bond acceptors (Lipinski definition) is 4. The molecule has 0 saturated carbocycles. The Hall–Kier alpha value is 0.0569. The van der Waals surface area contributed by atoms with Crippen molar-refractivity contribution in [2.24, 2.45) is 0 Å². The quantitative estimate of drug-likeness (QED) is 0.579. The van der Waals surface area contributed by atoms with Gasteiger partial charge >= 0.3 is 8.80 Å². The predicted octanol–water partition coefficient (Wildman–Crippen LogP) is 3.08. The molecule has 0 aliphatic rings. The lowest BCUT2D eigenvalue weighted by atomic mass is 10.5. The molecule has 4 nitrogen and oxygen atoms in total. The van der Waals surface area contributed by atoms with Crippen molar-refractivity contribution < 1.29 is 13.3 Å². The van der Waals surface area contributed by atoms with E-state index in [0.29, 0.717) is 0 Å². The van der Waals surface area contributed by atoms with Gasteiger partial charge in [0.25, 0.3) is 0 Å². The summed E-state index contributed by atoms with van der Waals surface area (Å²) in [7, 11) is -2.66. The van der Waals surface area contributed by atoms with Crippen molar-refractivity contribution in [3.8, 4) is 0 Å². The molecule has 0 atom stereocenters. The molecular weight excluding hydrogens is 258 g/mol. The van der Waals surface area contributed by atoms with Crippen LogP contribution in [0.5, 0.6) is 0 Å². The lowest BCUT2D eigenvalue weighted by molar-refractivity contribution is -0.00561. The molecule has 0 rings (SSSR count). The molecule has 0 unspecified atom stereocenters. The third kappa shape index (κ3) is 8.04. The first-order valence-corrected chi connectivity index (χ1v) is 9.43. The van der Waals surface area contributed by atoms with Crippen LogP contribution in [0.3, 0.4) is 0 Å². The maximum Gasteiger partial charge on any atom is 0.516 e. The number of hydrogen-bond donors (Lipinski definition) is 0. The summed E-state index contributed by atoms with van der Waals surface area (Å²) >= 11 is 0. The van der Waals surface area contributed by atoms with Gasteiger partial charge in [0.15, 0.2) is 0 Å². The van der Waals surface area contributed by atoms with E-state index in [2.05, 4.69) is 18.7 Å². The van der Waals surface area contributed by atoms with Gasteiger partial charge in [-0.2, -0.15) is 0 Å². The van der Waals surface area contributed by atoms with Crippen LogP contribution in [0.4, 0.5) is 0 Å². The zero-order valence-electron chi connectivity index (χ0n) is 14.0. The van der Waals surface area contributed by atoms with E-state index in [0.717, 1.165) is 19.3 Å². The van der Waals surface area contributed by atoms with Gasteiger partial charge < -0.3 is 13.3 Å². The number of nitrogens with zero attached hydrogens (tertiary/aromatic N) is 1. The molecule has 0 aromatic heterocycles. The topological polar surface area (TPSA) is 30.9 Å². The standard InChI is InChI=1S/C14H33NO3Si/c1-9-15(10-2)11-19(16-12(3)4,17-13(5)6)18-14(7)8/h12-14H,9-11H2,1-8H3. The van der Waals surface area contributed by atoms with Crippen LogP contribution in [-0.4, -0.2) is 51.3 Å². The first-order valence-electron chi connectivity index (χ1n) is 7.50. The van der Waals surface area contributed by atoms with E-state index in [1.165, 1.54) is 0 Å². The molecule has 0 heterocycles. The molecule has 116 valence electrons. The second-order valence-corrected chi connectivity index (χ2v) is 8.03. The Morgan fingerprint density at radius 2 is 1.05 bits per heavy atom. The monoisotopic (exact) mass is 291 g/mol. The van der Waals surface area contributed by atoms with Gasteiger partial charge in [-0.15, -0.1) is 0 Å². The largest absolute Gasteiger partial charge is 0.516 e. The fourth-order valence-electron chi connectivity index (χ4n) is 1.99. The molecule has 0 N–H and O–H groups in total. The molecule has 0 spiro atoms. The Balaban J connectivity index is 5.08. The molecule has 0 amide bonds. The van der Waals surface area contributed by atoms with Gasteiger partial charge in [0.1, 0.15) is 0 Å². The predicted molar refractivity (Wildman–Crippen MR) is 82.2 cm³/mol. The van der Waals surface area contributed by atoms with Crippen molar-refractivity contribution in [3.63, 3.8) is 0 Å². The van der Waals surface area contributed by atoms with Gasteiger partial charge in [0.2, 0.25) is 0 Å². The summed E-state index contributed by atoms with van der Waals surface area (Å²) in [6, 6.07) is 0. The lowest BCUT2D eigenvalue weighted by Gasteiger charge is -2.37. The van der Waals surface area contributed by atoms with E-state index in [-0.39, 0.29) is 18.3 Å². The molecule has 0 bridgehead atoms. The second kappa shape index (κ2) is 9.08. The Kier molecular flexibility index (Phi) is 9.10. The molecule has 0 aliphatic carbocycles. The van der Waals surface area contributed by atoms with Gasteiger partial charge in [-0.1, -0.05) is 13.8 Å². The molecule has 0 radical (unpaired) electrons. The van der Waals surface area contributed by atoms with Crippen LogP contribution in [0, 0.1) is 0 Å². The summed E-state index contributed by atoms with van der Waals surface area (Å²) < 4.78 is 18.4. The van der Waals surface area contributed by atoms with Gasteiger partial charge in [-0.05, 0) is 54.6 Å². The van der Waals surface area contributed by atoms with Gasteiger partial charge in [0.05, 0.1) is 6.17 Å². The van der Waals surface area contributed by atoms with Crippen molar-refractivity contribution in [2.75, 3.05) is 19.3 Å². The fourth-order valence-corrected chi connectivity index (χ4v) is 5.53. The summed E-state index contributed by atoms with van der Waals surface area (Å²) in [5.41, 5.74) is 0. The first-order chi connectivity index (χ1) is 8.74. The van der Waals surface area contributed by atoms with E-state index in [1.54, 1.807) is 0 Å². The second-order valence-electron chi connectivity index (χ2n) is 5.64. The molecule has 0 aromatic carbocycles. The van der Waals surface area contributed by atoms with Crippen molar-refractivity contribution in [1.82, 2.24) is 4.90 Å². The average molecular weight is 292 g/mol. The van der Waals surface area contributed by atoms with Crippen LogP contribution in [0.25, 0.3) is 0 Å². The van der Waals surface area contributed by atoms with Gasteiger partial charge in [-0.3, -0.25) is 4.90 Å². The molecule has 0 fully saturated rings. The Morgan fingerprint density at radius 3 is 1.26 bits per heavy atom. The van der Waals surface area contributed by atoms with Crippen LogP contribution in [-0.2, 0) is 13.3 Å². The van der Waals surface area contributed by atoms with E-state index in [9.17, 15) is 0 Å². The van der Waals surface area contributed by atoms with Crippen LogP contribution in [0.15, 0.2) is 0 Å². The Labute approximate surface area is 120 Å². The third-order valence-electron chi connectivity index (χ3n) is 2.56. The van der Waals surface area contributed by atoms with Crippen LogP contribution in [0.1, 0.15) is 55.4 Å². The molecule has 19 heavy (non-hydrogen) atoms. The summed E-state index contributed by atoms with van der Waals surface area (Å²) in [5.74, 6) is 0. The van der Waals surface area contributed by atoms with E-state index >= 15 is 0 Å². The van der Waals surface area contributed by atoms with Gasteiger partial charge in [-0.25, -0.2) is 0 Å². The van der Waals surface area contributed by atoms with E-state index in [1.807, 2.05) is 41.5 Å². The van der Waals surface area contributed by atoms with Gasteiger partial charge in [0, 0.05) is 18.3 Å². The summed E-state index contributed by atoms with van der Waals surface area (Å²) in [5, 5.41) is 0. The van der Waals surface area contributed by atoms with E-state index in [4.69, 9.17) is 13.3 Å². The fraction of sp³-hybridized carbons (Fsp3) is 1.00. The highest BCUT2D eigenvalue weighted by molar-refractivity contribution is 6.61. The molecule has 0 aliphatic heterocycles. The van der Waals surface area contributed by atoms with E-state index < -0.39 is 8.80 Å². The Bertz CT molecular complexity index is 204. The summed E-state index contributed by atoms with van der Waals surface area (Å²) in [4.78, 5) is 2.32. The van der Waals surface area contributed by atoms with Crippen LogP contribution in [0.2, 0.25) is 0 Å². The minimum atomic E-state index is -2.66.